The third-order valence-corrected chi connectivity index (χ3v) is 5.70. The predicted octanol–water partition coefficient (Wildman–Crippen LogP) is 1.52. The van der Waals surface area contributed by atoms with Crippen molar-refractivity contribution in [3.8, 4) is 0 Å². The van der Waals surface area contributed by atoms with Gasteiger partial charge in [0.1, 0.15) is 0 Å². The van der Waals surface area contributed by atoms with E-state index in [0.29, 0.717) is 0 Å². The first-order valence-corrected chi connectivity index (χ1v) is 9.70. The molecular formula is C18H27N3O2S. The van der Waals surface area contributed by atoms with Crippen LogP contribution in [0.3, 0.4) is 0 Å². The Labute approximate surface area is 148 Å². The number of carbonyl (C=O) groups excluding carboxylic acids is 1. The first-order chi connectivity index (χ1) is 11.8. The lowest BCUT2D eigenvalue weighted by atomic mass is 10.1. The Hall–Kier alpha value is -1.21. The molecule has 0 aromatic carbocycles. The monoisotopic (exact) mass is 349 g/mol. The fraction of sp³-hybridized carbons (Fsp3) is 0.611. The molecule has 1 fully saturated rings. The second kappa shape index (κ2) is 8.76. The summed E-state index contributed by atoms with van der Waals surface area (Å²) in [6.45, 7) is 7.72. The summed E-state index contributed by atoms with van der Waals surface area (Å²) < 4.78 is 0. The molecule has 6 heteroatoms. The Balaban J connectivity index is 1.48. The molecule has 2 aliphatic rings. The van der Waals surface area contributed by atoms with Gasteiger partial charge in [-0.1, -0.05) is 17.7 Å². The third-order valence-electron chi connectivity index (χ3n) is 4.84. The van der Waals surface area contributed by atoms with Crippen LogP contribution in [0.2, 0.25) is 0 Å². The van der Waals surface area contributed by atoms with Gasteiger partial charge in [0.2, 0.25) is 0 Å². The van der Waals surface area contributed by atoms with Crippen LogP contribution in [0.5, 0.6) is 0 Å². The molecule has 3 heterocycles. The van der Waals surface area contributed by atoms with Crippen LogP contribution in [-0.2, 0) is 0 Å². The highest BCUT2D eigenvalue weighted by Gasteiger charge is 2.21. The predicted molar refractivity (Wildman–Crippen MR) is 97.5 cm³/mol. The highest BCUT2D eigenvalue weighted by atomic mass is 32.1. The first-order valence-electron chi connectivity index (χ1n) is 8.82. The van der Waals surface area contributed by atoms with Crippen LogP contribution < -0.4 is 0 Å². The van der Waals surface area contributed by atoms with Crippen LogP contribution in [0.25, 0.3) is 0 Å². The zero-order valence-corrected chi connectivity index (χ0v) is 15.0. The molecule has 0 aliphatic carbocycles. The van der Waals surface area contributed by atoms with E-state index in [2.05, 4.69) is 15.9 Å². The Morgan fingerprint density at radius 2 is 2.08 bits per heavy atom. The highest BCUT2D eigenvalue weighted by Crippen LogP contribution is 2.16. The molecule has 5 nitrogen and oxygen atoms in total. The second-order valence-corrected chi connectivity index (χ2v) is 7.48. The normalized spacial score (nSPS) is 20.7. The summed E-state index contributed by atoms with van der Waals surface area (Å²) in [5, 5.41) is 11.0. The molecule has 1 aromatic rings. The fourth-order valence-corrected chi connectivity index (χ4v) is 4.11. The van der Waals surface area contributed by atoms with E-state index in [4.69, 9.17) is 5.11 Å². The van der Waals surface area contributed by atoms with Crippen molar-refractivity contribution in [1.82, 2.24) is 14.7 Å². The topological polar surface area (TPSA) is 47.0 Å². The zero-order chi connectivity index (χ0) is 16.8. The molecule has 132 valence electrons. The number of thiophene rings is 1. The summed E-state index contributed by atoms with van der Waals surface area (Å²) >= 11 is 1.53. The smallest absolute Gasteiger partial charge is 0.263 e. The van der Waals surface area contributed by atoms with Gasteiger partial charge in [0, 0.05) is 52.4 Å². The van der Waals surface area contributed by atoms with E-state index in [9.17, 15) is 4.79 Å². The van der Waals surface area contributed by atoms with E-state index >= 15 is 0 Å². The van der Waals surface area contributed by atoms with Gasteiger partial charge < -0.3 is 10.0 Å². The van der Waals surface area contributed by atoms with Crippen molar-refractivity contribution in [1.29, 1.82) is 0 Å². The molecule has 2 aliphatic heterocycles. The summed E-state index contributed by atoms with van der Waals surface area (Å²) in [5.74, 6) is 0.184. The minimum absolute atomic E-state index is 0.184. The molecule has 1 N–H and O–H groups in total. The number of hydrogen-bond donors (Lipinski definition) is 1. The molecule has 3 rings (SSSR count). The minimum atomic E-state index is 0.184. The average Bonchev–Trinajstić information content (AvgIpc) is 3.04. The van der Waals surface area contributed by atoms with Crippen molar-refractivity contribution in [3.63, 3.8) is 0 Å². The van der Waals surface area contributed by atoms with Crippen molar-refractivity contribution in [2.24, 2.45) is 0 Å². The molecule has 0 unspecified atom stereocenters. The molecule has 1 aromatic heterocycles. The molecule has 0 radical (unpaired) electrons. The Morgan fingerprint density at radius 3 is 2.79 bits per heavy atom. The maximum Gasteiger partial charge on any atom is 0.263 e. The van der Waals surface area contributed by atoms with Crippen LogP contribution in [0.1, 0.15) is 22.5 Å². The summed E-state index contributed by atoms with van der Waals surface area (Å²) in [6.07, 6.45) is 4.45. The molecule has 0 spiro atoms. The average molecular weight is 350 g/mol. The lowest BCUT2D eigenvalue weighted by Crippen LogP contribution is -2.37. The largest absolute Gasteiger partial charge is 0.395 e. The van der Waals surface area contributed by atoms with Gasteiger partial charge in [0.05, 0.1) is 11.5 Å². The third kappa shape index (κ3) is 4.66. The van der Waals surface area contributed by atoms with Crippen molar-refractivity contribution in [2.45, 2.75) is 12.8 Å². The van der Waals surface area contributed by atoms with Crippen LogP contribution >= 0.6 is 11.3 Å². The van der Waals surface area contributed by atoms with E-state index in [1.54, 1.807) is 0 Å². The molecule has 1 amide bonds. The van der Waals surface area contributed by atoms with E-state index in [1.165, 1.54) is 16.9 Å². The van der Waals surface area contributed by atoms with Crippen molar-refractivity contribution >= 4 is 17.2 Å². The number of β-amino-alcohol motifs (C(OH)–C–C–N with tert-alkyl or cyclic N) is 1. The van der Waals surface area contributed by atoms with Gasteiger partial charge in [-0.2, -0.15) is 0 Å². The van der Waals surface area contributed by atoms with Crippen LogP contribution in [-0.4, -0.2) is 84.7 Å². The number of hydrogen-bond acceptors (Lipinski definition) is 5. The van der Waals surface area contributed by atoms with E-state index < -0.39 is 0 Å². The second-order valence-electron chi connectivity index (χ2n) is 6.54. The number of amides is 1. The number of aliphatic hydroxyl groups excluding tert-OH is 1. The molecule has 1 saturated heterocycles. The highest BCUT2D eigenvalue weighted by molar-refractivity contribution is 7.12. The SMILES string of the molecule is O=C(c1cccs1)N1CCCN(CC2=CCN(CCO)CC2)CC1. The fourth-order valence-electron chi connectivity index (χ4n) is 3.42. The maximum absolute atomic E-state index is 12.5. The first kappa shape index (κ1) is 17.6. The zero-order valence-electron chi connectivity index (χ0n) is 14.2. The quantitative estimate of drug-likeness (QED) is 0.819. The van der Waals surface area contributed by atoms with Crippen LogP contribution in [0.4, 0.5) is 0 Å². The van der Waals surface area contributed by atoms with Crippen molar-refractivity contribution in [2.75, 3.05) is 59.0 Å². The van der Waals surface area contributed by atoms with Gasteiger partial charge in [-0.3, -0.25) is 14.6 Å². The van der Waals surface area contributed by atoms with E-state index in [1.807, 2.05) is 22.4 Å². The maximum atomic E-state index is 12.5. The minimum Gasteiger partial charge on any atom is -0.395 e. The van der Waals surface area contributed by atoms with Gasteiger partial charge in [0.25, 0.3) is 5.91 Å². The van der Waals surface area contributed by atoms with Gasteiger partial charge in [0.15, 0.2) is 0 Å². The summed E-state index contributed by atoms with van der Waals surface area (Å²) in [5.41, 5.74) is 1.50. The number of aliphatic hydroxyl groups is 1. The summed E-state index contributed by atoms with van der Waals surface area (Å²) in [4.78, 5) is 20.1. The Bertz CT molecular complexity index is 559. The lowest BCUT2D eigenvalue weighted by Gasteiger charge is -2.28. The van der Waals surface area contributed by atoms with E-state index in [-0.39, 0.29) is 12.5 Å². The van der Waals surface area contributed by atoms with Gasteiger partial charge in [-0.05, 0) is 24.3 Å². The molecule has 0 bridgehead atoms. The molecule has 0 saturated carbocycles. The van der Waals surface area contributed by atoms with Crippen LogP contribution in [0, 0.1) is 0 Å². The van der Waals surface area contributed by atoms with Gasteiger partial charge in [-0.25, -0.2) is 0 Å². The molecular weight excluding hydrogens is 322 g/mol. The molecule has 0 atom stereocenters. The number of nitrogens with zero attached hydrogens (tertiary/aromatic N) is 3. The molecule has 24 heavy (non-hydrogen) atoms. The number of carbonyl (C=O) groups is 1. The Kier molecular flexibility index (Phi) is 6.43. The summed E-state index contributed by atoms with van der Waals surface area (Å²) in [7, 11) is 0. The van der Waals surface area contributed by atoms with Gasteiger partial charge in [-0.15, -0.1) is 11.3 Å². The van der Waals surface area contributed by atoms with Crippen molar-refractivity contribution < 1.29 is 9.90 Å². The number of rotatable bonds is 5. The van der Waals surface area contributed by atoms with E-state index in [0.717, 1.165) is 70.1 Å². The summed E-state index contributed by atoms with van der Waals surface area (Å²) in [6, 6.07) is 3.86. The van der Waals surface area contributed by atoms with Crippen molar-refractivity contribution in [3.05, 3.63) is 34.0 Å². The lowest BCUT2D eigenvalue weighted by molar-refractivity contribution is 0.0766. The Morgan fingerprint density at radius 1 is 1.17 bits per heavy atom. The van der Waals surface area contributed by atoms with Gasteiger partial charge >= 0.3 is 0 Å². The standard InChI is InChI=1S/C18H27N3O2S/c22-13-12-19-8-4-16(5-9-19)15-20-6-2-7-21(11-10-20)18(23)17-3-1-14-24-17/h1,3-4,14,22H,2,5-13,15H2. The van der Waals surface area contributed by atoms with Crippen LogP contribution in [0.15, 0.2) is 29.2 Å².